The van der Waals surface area contributed by atoms with Crippen molar-refractivity contribution in [3.05, 3.63) is 30.1 Å². The van der Waals surface area contributed by atoms with Crippen LogP contribution in [0.15, 0.2) is 24.4 Å². The molecular weight excluding hydrogens is 202 g/mol. The SMILES string of the molecule is CCN(C(=O)C(N)c1ccccn1)C(C)C. The highest BCUT2D eigenvalue weighted by molar-refractivity contribution is 5.82. The number of nitrogens with zero attached hydrogens (tertiary/aromatic N) is 2. The minimum atomic E-state index is -0.663. The lowest BCUT2D eigenvalue weighted by atomic mass is 10.1. The van der Waals surface area contributed by atoms with E-state index in [1.807, 2.05) is 26.8 Å². The van der Waals surface area contributed by atoms with E-state index in [0.717, 1.165) is 0 Å². The van der Waals surface area contributed by atoms with Crippen LogP contribution in [0.3, 0.4) is 0 Å². The first-order valence-electron chi connectivity index (χ1n) is 5.55. The second-order valence-electron chi connectivity index (χ2n) is 3.95. The average Bonchev–Trinajstić information content (AvgIpc) is 2.29. The summed E-state index contributed by atoms with van der Waals surface area (Å²) in [5.74, 6) is -0.0730. The van der Waals surface area contributed by atoms with Gasteiger partial charge in [-0.3, -0.25) is 9.78 Å². The maximum atomic E-state index is 12.1. The fourth-order valence-corrected chi connectivity index (χ4v) is 1.64. The zero-order chi connectivity index (χ0) is 12.1. The summed E-state index contributed by atoms with van der Waals surface area (Å²) in [5.41, 5.74) is 6.52. The van der Waals surface area contributed by atoms with E-state index in [0.29, 0.717) is 12.2 Å². The Bertz CT molecular complexity index is 337. The largest absolute Gasteiger partial charge is 0.339 e. The molecule has 1 aromatic rings. The lowest BCUT2D eigenvalue weighted by Gasteiger charge is -2.27. The molecule has 1 heterocycles. The zero-order valence-electron chi connectivity index (χ0n) is 10.1. The number of carbonyl (C=O) groups excluding carboxylic acids is 1. The van der Waals surface area contributed by atoms with Gasteiger partial charge in [-0.2, -0.15) is 0 Å². The quantitative estimate of drug-likeness (QED) is 0.834. The van der Waals surface area contributed by atoms with E-state index in [2.05, 4.69) is 4.98 Å². The monoisotopic (exact) mass is 221 g/mol. The molecule has 0 fully saturated rings. The number of hydrogen-bond donors (Lipinski definition) is 1. The van der Waals surface area contributed by atoms with Gasteiger partial charge in [-0.25, -0.2) is 0 Å². The minimum absolute atomic E-state index is 0.0730. The Morgan fingerprint density at radius 2 is 2.19 bits per heavy atom. The van der Waals surface area contributed by atoms with Gasteiger partial charge in [-0.1, -0.05) is 6.07 Å². The minimum Gasteiger partial charge on any atom is -0.339 e. The fraction of sp³-hybridized carbons (Fsp3) is 0.500. The molecule has 1 atom stereocenters. The topological polar surface area (TPSA) is 59.2 Å². The lowest BCUT2D eigenvalue weighted by Crippen LogP contribution is -2.42. The van der Waals surface area contributed by atoms with Crippen LogP contribution in [-0.4, -0.2) is 28.4 Å². The van der Waals surface area contributed by atoms with Gasteiger partial charge in [-0.05, 0) is 32.9 Å². The second-order valence-corrected chi connectivity index (χ2v) is 3.95. The smallest absolute Gasteiger partial charge is 0.245 e. The molecule has 88 valence electrons. The van der Waals surface area contributed by atoms with Crippen LogP contribution in [0.25, 0.3) is 0 Å². The third-order valence-corrected chi connectivity index (χ3v) is 2.52. The Kier molecular flexibility index (Phi) is 4.43. The van der Waals surface area contributed by atoms with Crippen molar-refractivity contribution in [2.45, 2.75) is 32.9 Å². The van der Waals surface area contributed by atoms with Gasteiger partial charge in [0.2, 0.25) is 5.91 Å². The van der Waals surface area contributed by atoms with Crippen molar-refractivity contribution in [2.24, 2.45) is 5.73 Å². The van der Waals surface area contributed by atoms with E-state index in [1.165, 1.54) is 0 Å². The molecule has 0 bridgehead atoms. The van der Waals surface area contributed by atoms with Crippen molar-refractivity contribution in [3.8, 4) is 0 Å². The maximum Gasteiger partial charge on any atom is 0.245 e. The van der Waals surface area contributed by atoms with Gasteiger partial charge in [-0.15, -0.1) is 0 Å². The van der Waals surface area contributed by atoms with E-state index in [4.69, 9.17) is 5.73 Å². The normalized spacial score (nSPS) is 12.6. The first-order valence-corrected chi connectivity index (χ1v) is 5.55. The van der Waals surface area contributed by atoms with Crippen LogP contribution in [0.4, 0.5) is 0 Å². The molecule has 0 aliphatic carbocycles. The summed E-state index contributed by atoms with van der Waals surface area (Å²) in [6.07, 6.45) is 1.65. The summed E-state index contributed by atoms with van der Waals surface area (Å²) >= 11 is 0. The molecule has 0 spiro atoms. The molecule has 1 aromatic heterocycles. The molecule has 4 heteroatoms. The Morgan fingerprint density at radius 3 is 2.62 bits per heavy atom. The molecule has 0 saturated carbocycles. The van der Waals surface area contributed by atoms with Crippen molar-refractivity contribution in [2.75, 3.05) is 6.54 Å². The molecule has 0 aliphatic heterocycles. The van der Waals surface area contributed by atoms with E-state index in [9.17, 15) is 4.79 Å². The van der Waals surface area contributed by atoms with E-state index in [1.54, 1.807) is 23.2 Å². The second kappa shape index (κ2) is 5.61. The molecule has 1 unspecified atom stereocenters. The van der Waals surface area contributed by atoms with Gasteiger partial charge < -0.3 is 10.6 Å². The van der Waals surface area contributed by atoms with E-state index in [-0.39, 0.29) is 11.9 Å². The first-order chi connectivity index (χ1) is 7.57. The van der Waals surface area contributed by atoms with Gasteiger partial charge in [0.25, 0.3) is 0 Å². The predicted molar refractivity (Wildman–Crippen MR) is 63.7 cm³/mol. The molecule has 0 radical (unpaired) electrons. The molecule has 4 nitrogen and oxygen atoms in total. The van der Waals surface area contributed by atoms with E-state index < -0.39 is 6.04 Å². The number of hydrogen-bond acceptors (Lipinski definition) is 3. The van der Waals surface area contributed by atoms with Crippen LogP contribution in [0.5, 0.6) is 0 Å². The summed E-state index contributed by atoms with van der Waals surface area (Å²) in [7, 11) is 0. The molecule has 0 aromatic carbocycles. The van der Waals surface area contributed by atoms with Crippen LogP contribution in [0.1, 0.15) is 32.5 Å². The summed E-state index contributed by atoms with van der Waals surface area (Å²) in [6, 6.07) is 4.91. The van der Waals surface area contributed by atoms with Gasteiger partial charge in [0.05, 0.1) is 5.69 Å². The molecule has 1 amide bonds. The van der Waals surface area contributed by atoms with E-state index >= 15 is 0 Å². The van der Waals surface area contributed by atoms with Crippen molar-refractivity contribution < 1.29 is 4.79 Å². The average molecular weight is 221 g/mol. The predicted octanol–water partition coefficient (Wildman–Crippen LogP) is 1.34. The van der Waals surface area contributed by atoms with Crippen molar-refractivity contribution >= 4 is 5.91 Å². The summed E-state index contributed by atoms with van der Waals surface area (Å²) in [6.45, 7) is 6.57. The van der Waals surface area contributed by atoms with Crippen LogP contribution in [0.2, 0.25) is 0 Å². The van der Waals surface area contributed by atoms with Crippen LogP contribution in [0, 0.1) is 0 Å². The van der Waals surface area contributed by atoms with Gasteiger partial charge in [0.1, 0.15) is 6.04 Å². The Balaban J connectivity index is 2.81. The Labute approximate surface area is 96.5 Å². The number of rotatable bonds is 4. The number of nitrogens with two attached hydrogens (primary N) is 1. The zero-order valence-corrected chi connectivity index (χ0v) is 10.1. The summed E-state index contributed by atoms with van der Waals surface area (Å²) in [4.78, 5) is 17.9. The van der Waals surface area contributed by atoms with Crippen molar-refractivity contribution in [1.29, 1.82) is 0 Å². The van der Waals surface area contributed by atoms with Gasteiger partial charge in [0, 0.05) is 18.8 Å². The lowest BCUT2D eigenvalue weighted by molar-refractivity contribution is -0.134. The third-order valence-electron chi connectivity index (χ3n) is 2.52. The molecule has 1 rings (SSSR count). The van der Waals surface area contributed by atoms with Gasteiger partial charge >= 0.3 is 0 Å². The standard InChI is InChI=1S/C12H19N3O/c1-4-15(9(2)3)12(16)11(13)10-7-5-6-8-14-10/h5-9,11H,4,13H2,1-3H3. The van der Waals surface area contributed by atoms with Crippen LogP contribution < -0.4 is 5.73 Å². The molecule has 0 aliphatic rings. The molecule has 16 heavy (non-hydrogen) atoms. The number of carbonyl (C=O) groups is 1. The summed E-state index contributed by atoms with van der Waals surface area (Å²) < 4.78 is 0. The van der Waals surface area contributed by atoms with Gasteiger partial charge in [0.15, 0.2) is 0 Å². The maximum absolute atomic E-state index is 12.1. The number of amides is 1. The van der Waals surface area contributed by atoms with Crippen molar-refractivity contribution in [3.63, 3.8) is 0 Å². The highest BCUT2D eigenvalue weighted by atomic mass is 16.2. The fourth-order valence-electron chi connectivity index (χ4n) is 1.64. The number of pyridine rings is 1. The highest BCUT2D eigenvalue weighted by Gasteiger charge is 2.23. The Hall–Kier alpha value is -1.42. The third kappa shape index (κ3) is 2.79. The first kappa shape index (κ1) is 12.6. The molecule has 0 saturated heterocycles. The molecular formula is C12H19N3O. The number of likely N-dealkylation sites (N-methyl/N-ethyl adjacent to an activating group) is 1. The van der Waals surface area contributed by atoms with Crippen LogP contribution in [-0.2, 0) is 4.79 Å². The van der Waals surface area contributed by atoms with Crippen molar-refractivity contribution in [1.82, 2.24) is 9.88 Å². The van der Waals surface area contributed by atoms with Crippen LogP contribution >= 0.6 is 0 Å². The Morgan fingerprint density at radius 1 is 1.50 bits per heavy atom. The number of aromatic nitrogens is 1. The summed E-state index contributed by atoms with van der Waals surface area (Å²) in [5, 5.41) is 0. The molecule has 2 N–H and O–H groups in total. The highest BCUT2D eigenvalue weighted by Crippen LogP contribution is 2.12.